The number of benzene rings is 3. The average Bonchev–Trinajstić information content (AvgIpc) is 3.57. The average molecular weight is 729 g/mol. The Kier molecular flexibility index (Phi) is 12.4. The second-order valence-electron chi connectivity index (χ2n) is 12.9. The van der Waals surface area contributed by atoms with E-state index < -0.39 is 45.8 Å². The lowest BCUT2D eigenvalue weighted by atomic mass is 10.0. The molecule has 51 heavy (non-hydrogen) atoms. The summed E-state index contributed by atoms with van der Waals surface area (Å²) < 4.78 is 64.7. The van der Waals surface area contributed by atoms with Gasteiger partial charge in [0, 0.05) is 50.1 Å². The van der Waals surface area contributed by atoms with Crippen LogP contribution >= 0.6 is 0 Å². The summed E-state index contributed by atoms with van der Waals surface area (Å²) >= 11 is 0. The molecule has 2 aliphatic heterocycles. The molecular weight excluding hydrogens is 683 g/mol. The van der Waals surface area contributed by atoms with Gasteiger partial charge in [-0.1, -0.05) is 6.92 Å². The zero-order chi connectivity index (χ0) is 36.7. The van der Waals surface area contributed by atoms with Crippen molar-refractivity contribution in [3.63, 3.8) is 0 Å². The van der Waals surface area contributed by atoms with Crippen LogP contribution in [0.15, 0.2) is 65.6 Å². The SMILES string of the molecule is C[C@@H]1CN([C@@H](C)CO)C(=O)c2cc(NC(=O)Nc3ccc4c(c3)OCO4)ccc2O[C@@H](C)CCCCO[C@@H]1CN(C)S(=O)(=O)c1ccc(F)cc1. The summed E-state index contributed by atoms with van der Waals surface area (Å²) in [7, 11) is -2.54. The number of hydrogen-bond acceptors (Lipinski definition) is 9. The fourth-order valence-electron chi connectivity index (χ4n) is 5.87. The standard InChI is InChI=1S/C36H45FN4O9S/c1-23-19-41(24(2)21-42)35(43)30-17-27(38-36(44)39-28-11-15-32-33(18-28)49-22-48-32)10-14-31(30)50-25(3)7-5-6-16-47-34(23)20-40(4)51(45,46)29-12-8-26(37)9-13-29/h8-15,17-18,23-25,34,42H,5-7,16,19-22H2,1-4H3,(H2,38,39,44)/t23-,24+,25+,34-/m1/s1. The summed E-state index contributed by atoms with van der Waals surface area (Å²) in [6, 6.07) is 13.3. The molecule has 4 atom stereocenters. The third-order valence-corrected chi connectivity index (χ3v) is 10.7. The van der Waals surface area contributed by atoms with Gasteiger partial charge in [0.25, 0.3) is 5.91 Å². The molecule has 3 N–H and O–H groups in total. The molecule has 0 aromatic heterocycles. The van der Waals surface area contributed by atoms with Gasteiger partial charge >= 0.3 is 6.03 Å². The minimum Gasteiger partial charge on any atom is -0.490 e. The first-order chi connectivity index (χ1) is 24.3. The van der Waals surface area contributed by atoms with Crippen molar-refractivity contribution in [3.8, 4) is 17.2 Å². The Bertz CT molecular complexity index is 1790. The third-order valence-electron chi connectivity index (χ3n) is 8.90. The van der Waals surface area contributed by atoms with Crippen LogP contribution in [0.25, 0.3) is 0 Å². The first kappa shape index (κ1) is 37.8. The van der Waals surface area contributed by atoms with Crippen LogP contribution in [0.3, 0.4) is 0 Å². The van der Waals surface area contributed by atoms with Crippen LogP contribution in [0, 0.1) is 11.7 Å². The van der Waals surface area contributed by atoms with Crippen molar-refractivity contribution in [2.75, 3.05) is 50.8 Å². The molecular formula is C36H45FN4O9S. The van der Waals surface area contributed by atoms with Crippen molar-refractivity contribution in [2.24, 2.45) is 5.92 Å². The fraction of sp³-hybridized carbons (Fsp3) is 0.444. The molecule has 276 valence electrons. The summed E-state index contributed by atoms with van der Waals surface area (Å²) in [5.74, 6) is 0.0262. The lowest BCUT2D eigenvalue weighted by Crippen LogP contribution is -2.48. The predicted molar refractivity (Wildman–Crippen MR) is 188 cm³/mol. The number of nitrogens with one attached hydrogen (secondary N) is 2. The number of fused-ring (bicyclic) bond motifs is 2. The van der Waals surface area contributed by atoms with Crippen molar-refractivity contribution >= 4 is 33.3 Å². The van der Waals surface area contributed by atoms with Gasteiger partial charge in [-0.05, 0) is 87.7 Å². The van der Waals surface area contributed by atoms with E-state index in [1.165, 1.54) is 34.5 Å². The second-order valence-corrected chi connectivity index (χ2v) is 14.9. The van der Waals surface area contributed by atoms with Crippen LogP contribution in [0.1, 0.15) is 50.4 Å². The Morgan fingerprint density at radius 1 is 1.00 bits per heavy atom. The van der Waals surface area contributed by atoms with Crippen molar-refractivity contribution in [3.05, 3.63) is 72.0 Å². The molecule has 0 radical (unpaired) electrons. The number of urea groups is 1. The largest absolute Gasteiger partial charge is 0.490 e. The summed E-state index contributed by atoms with van der Waals surface area (Å²) in [5, 5.41) is 15.8. The maximum Gasteiger partial charge on any atom is 0.323 e. The maximum absolute atomic E-state index is 14.4. The number of aliphatic hydroxyl groups excluding tert-OH is 1. The zero-order valence-corrected chi connectivity index (χ0v) is 30.0. The van der Waals surface area contributed by atoms with E-state index in [4.69, 9.17) is 18.9 Å². The molecule has 13 nitrogen and oxygen atoms in total. The first-order valence-corrected chi connectivity index (χ1v) is 18.3. The van der Waals surface area contributed by atoms with E-state index in [2.05, 4.69) is 10.6 Å². The number of hydrogen-bond donors (Lipinski definition) is 3. The van der Waals surface area contributed by atoms with Crippen LogP contribution < -0.4 is 24.8 Å². The number of sulfonamides is 1. The van der Waals surface area contributed by atoms with Crippen LogP contribution in [0.5, 0.6) is 17.2 Å². The highest BCUT2D eigenvalue weighted by molar-refractivity contribution is 7.89. The molecule has 3 aromatic rings. The van der Waals surface area contributed by atoms with Gasteiger partial charge in [0.1, 0.15) is 11.6 Å². The summed E-state index contributed by atoms with van der Waals surface area (Å²) in [4.78, 5) is 28.8. The molecule has 0 unspecified atom stereocenters. The van der Waals surface area contributed by atoms with Crippen molar-refractivity contribution in [2.45, 2.75) is 63.2 Å². The lowest BCUT2D eigenvalue weighted by Gasteiger charge is -2.35. The Morgan fingerprint density at radius 3 is 2.37 bits per heavy atom. The molecule has 0 aliphatic carbocycles. The maximum atomic E-state index is 14.4. The summed E-state index contributed by atoms with van der Waals surface area (Å²) in [6.45, 7) is 5.66. The number of carbonyl (C=O) groups excluding carboxylic acids is 2. The minimum atomic E-state index is -3.97. The quantitative estimate of drug-likeness (QED) is 0.280. The van der Waals surface area contributed by atoms with Crippen molar-refractivity contribution in [1.82, 2.24) is 9.21 Å². The number of anilines is 2. The van der Waals surface area contributed by atoms with E-state index >= 15 is 0 Å². The molecule has 15 heteroatoms. The number of carbonyl (C=O) groups is 2. The second kappa shape index (κ2) is 16.7. The van der Waals surface area contributed by atoms with Gasteiger partial charge < -0.3 is 39.6 Å². The lowest BCUT2D eigenvalue weighted by molar-refractivity contribution is -0.00834. The van der Waals surface area contributed by atoms with Gasteiger partial charge in [-0.15, -0.1) is 0 Å². The zero-order valence-electron chi connectivity index (χ0n) is 29.1. The predicted octanol–water partition coefficient (Wildman–Crippen LogP) is 5.31. The van der Waals surface area contributed by atoms with E-state index in [0.717, 1.165) is 18.6 Å². The van der Waals surface area contributed by atoms with Crippen LogP contribution in [0.4, 0.5) is 20.6 Å². The molecule has 5 rings (SSSR count). The number of halogens is 1. The molecule has 0 bridgehead atoms. The number of aliphatic hydroxyl groups is 1. The molecule has 0 saturated carbocycles. The van der Waals surface area contributed by atoms with E-state index in [-0.39, 0.29) is 43.1 Å². The molecule has 0 spiro atoms. The fourth-order valence-corrected chi connectivity index (χ4v) is 7.05. The smallest absolute Gasteiger partial charge is 0.323 e. The molecule has 3 amide bonds. The van der Waals surface area contributed by atoms with Gasteiger partial charge in [-0.25, -0.2) is 17.6 Å². The molecule has 2 aliphatic rings. The summed E-state index contributed by atoms with van der Waals surface area (Å²) in [6.07, 6.45) is 1.20. The van der Waals surface area contributed by atoms with E-state index in [1.54, 1.807) is 37.3 Å². The highest BCUT2D eigenvalue weighted by Crippen LogP contribution is 2.34. The molecule has 0 saturated heterocycles. The number of rotatable bonds is 8. The minimum absolute atomic E-state index is 0.0287. The van der Waals surface area contributed by atoms with Crippen LogP contribution in [0.2, 0.25) is 0 Å². The Hall–Kier alpha value is -4.44. The van der Waals surface area contributed by atoms with Gasteiger partial charge in [0.15, 0.2) is 11.5 Å². The third kappa shape index (κ3) is 9.47. The van der Waals surface area contributed by atoms with Crippen molar-refractivity contribution < 1.29 is 46.5 Å². The first-order valence-electron chi connectivity index (χ1n) is 16.9. The number of amides is 3. The molecule has 3 aromatic carbocycles. The van der Waals surface area contributed by atoms with E-state index in [0.29, 0.717) is 48.1 Å². The van der Waals surface area contributed by atoms with E-state index in [9.17, 15) is 27.5 Å². The summed E-state index contributed by atoms with van der Waals surface area (Å²) in [5.41, 5.74) is 0.991. The number of likely N-dealkylation sites (N-methyl/N-ethyl adjacent to an activating group) is 1. The van der Waals surface area contributed by atoms with Crippen LogP contribution in [-0.2, 0) is 14.8 Å². The van der Waals surface area contributed by atoms with Gasteiger partial charge in [-0.2, -0.15) is 4.31 Å². The Balaban J connectivity index is 1.39. The van der Waals surface area contributed by atoms with Gasteiger partial charge in [0.05, 0.1) is 35.3 Å². The number of ether oxygens (including phenoxy) is 4. The molecule has 2 heterocycles. The van der Waals surface area contributed by atoms with Gasteiger partial charge in [0.2, 0.25) is 16.8 Å². The highest BCUT2D eigenvalue weighted by atomic mass is 32.2. The normalized spacial score (nSPS) is 20.6. The topological polar surface area (TPSA) is 156 Å². The van der Waals surface area contributed by atoms with Gasteiger partial charge in [-0.3, -0.25) is 4.79 Å². The molecule has 0 fully saturated rings. The Labute approximate surface area is 297 Å². The Morgan fingerprint density at radius 2 is 1.67 bits per heavy atom. The van der Waals surface area contributed by atoms with Crippen molar-refractivity contribution in [1.29, 1.82) is 0 Å². The van der Waals surface area contributed by atoms with Crippen LogP contribution in [-0.4, -0.2) is 93.1 Å². The highest BCUT2D eigenvalue weighted by Gasteiger charge is 2.32. The monoisotopic (exact) mass is 728 g/mol. The number of nitrogens with zero attached hydrogens (tertiary/aromatic N) is 2. The van der Waals surface area contributed by atoms with E-state index in [1.807, 2.05) is 13.8 Å².